The molecular weight excluding hydrogens is 659 g/mol. The average molecular weight is 701 g/mol. The van der Waals surface area contributed by atoms with Gasteiger partial charge in [0.05, 0.1) is 13.7 Å². The molecule has 3 heterocycles. The number of carbonyl (C=O) groups is 4. The standard InChI is InChI=1S/C34H42ClFN6O7/c1-33(2,3)49-32(46)38-24-11-9-7-5-6-8-10-20-18-34(20,30(45)47-4)41-28(43)25-16-23(19-42(25)29(24)44)48-27-17-26(35)39-31(40-27)37-22-14-12-21(36)13-15-22/h8,10,12-15,17,20,23-25H,5-7,9,11,16,18-19H2,1-4H3,(H,38,46)(H,41,43)(H,37,39,40)/b10-8-/t20-,23-,24+,25+,34-/m1/s1. The minimum atomic E-state index is -1.24. The van der Waals surface area contributed by atoms with Crippen LogP contribution in [0.3, 0.4) is 0 Å². The molecule has 5 rings (SSSR count). The zero-order valence-corrected chi connectivity index (χ0v) is 28.7. The maximum atomic E-state index is 14.2. The Morgan fingerprint density at radius 1 is 1.12 bits per heavy atom. The number of hydrogen-bond acceptors (Lipinski definition) is 10. The number of anilines is 2. The van der Waals surface area contributed by atoms with Crippen LogP contribution in [0.1, 0.15) is 65.7 Å². The largest absolute Gasteiger partial charge is 0.472 e. The second-order valence-electron chi connectivity index (χ2n) is 13.5. The SMILES string of the molecule is COC(=O)[C@@]12C[C@H]1/C=C\CCCCC[C@H](NC(=O)OC(C)(C)C)C(=O)N1C[C@H](Oc3cc(Cl)nc(Nc4ccc(F)cc4)n3)C[C@H]1C(=O)N2. The van der Waals surface area contributed by atoms with Crippen LogP contribution in [0.25, 0.3) is 0 Å². The lowest BCUT2D eigenvalue weighted by atomic mass is 10.0. The number of methoxy groups -OCH3 is 1. The van der Waals surface area contributed by atoms with Gasteiger partial charge in [-0.25, -0.2) is 19.0 Å². The predicted octanol–water partition coefficient (Wildman–Crippen LogP) is 4.82. The lowest BCUT2D eigenvalue weighted by molar-refractivity contribution is -0.148. The second kappa shape index (κ2) is 15.0. The van der Waals surface area contributed by atoms with E-state index in [0.717, 1.165) is 19.3 Å². The molecule has 0 unspecified atom stereocenters. The molecule has 0 bridgehead atoms. The molecule has 1 aliphatic carbocycles. The molecule has 13 nitrogen and oxygen atoms in total. The Morgan fingerprint density at radius 2 is 1.88 bits per heavy atom. The molecule has 2 aromatic rings. The molecule has 49 heavy (non-hydrogen) atoms. The normalized spacial score (nSPS) is 26.5. The molecule has 2 aliphatic heterocycles. The van der Waals surface area contributed by atoms with Gasteiger partial charge in [-0.05, 0) is 70.7 Å². The third kappa shape index (κ3) is 9.17. The van der Waals surface area contributed by atoms with Crippen LogP contribution in [0.15, 0.2) is 42.5 Å². The highest BCUT2D eigenvalue weighted by Crippen LogP contribution is 2.46. The summed E-state index contributed by atoms with van der Waals surface area (Å²) in [5.41, 5.74) is -1.52. The number of hydrogen-bond donors (Lipinski definition) is 3. The van der Waals surface area contributed by atoms with Gasteiger partial charge in [0.1, 0.15) is 40.3 Å². The van der Waals surface area contributed by atoms with Crippen LogP contribution in [0.4, 0.5) is 20.8 Å². The molecule has 5 atom stereocenters. The number of benzene rings is 1. The van der Waals surface area contributed by atoms with Crippen molar-refractivity contribution in [3.05, 3.63) is 53.5 Å². The number of amides is 3. The van der Waals surface area contributed by atoms with Gasteiger partial charge in [-0.3, -0.25) is 9.59 Å². The van der Waals surface area contributed by atoms with Gasteiger partial charge in [0.15, 0.2) is 0 Å². The molecule has 1 saturated heterocycles. The van der Waals surface area contributed by atoms with E-state index in [2.05, 4.69) is 25.9 Å². The van der Waals surface area contributed by atoms with Crippen molar-refractivity contribution < 1.29 is 37.8 Å². The molecule has 2 fully saturated rings. The van der Waals surface area contributed by atoms with Crippen molar-refractivity contribution in [1.82, 2.24) is 25.5 Å². The summed E-state index contributed by atoms with van der Waals surface area (Å²) in [7, 11) is 1.27. The van der Waals surface area contributed by atoms with Crippen LogP contribution in [-0.2, 0) is 23.9 Å². The van der Waals surface area contributed by atoms with E-state index in [1.165, 1.54) is 42.3 Å². The van der Waals surface area contributed by atoms with E-state index in [9.17, 15) is 23.6 Å². The predicted molar refractivity (Wildman–Crippen MR) is 178 cm³/mol. The minimum Gasteiger partial charge on any atom is -0.472 e. The Hall–Kier alpha value is -4.46. The molecule has 0 spiro atoms. The van der Waals surface area contributed by atoms with Gasteiger partial charge in [-0.2, -0.15) is 4.98 Å². The molecule has 264 valence electrons. The summed E-state index contributed by atoms with van der Waals surface area (Å²) in [5.74, 6) is -2.08. The van der Waals surface area contributed by atoms with Gasteiger partial charge in [0.25, 0.3) is 0 Å². The fraction of sp³-hybridized carbons (Fsp3) is 0.529. The average Bonchev–Trinajstić information content (AvgIpc) is 3.55. The van der Waals surface area contributed by atoms with E-state index in [1.54, 1.807) is 20.8 Å². The van der Waals surface area contributed by atoms with Gasteiger partial charge >= 0.3 is 12.1 Å². The van der Waals surface area contributed by atoms with E-state index in [4.69, 9.17) is 25.8 Å². The Kier molecular flexibility index (Phi) is 11.0. The Balaban J connectivity index is 1.41. The van der Waals surface area contributed by atoms with Crippen LogP contribution in [0.2, 0.25) is 5.15 Å². The first-order chi connectivity index (χ1) is 23.3. The monoisotopic (exact) mass is 700 g/mol. The lowest BCUT2D eigenvalue weighted by Gasteiger charge is -2.30. The number of nitrogens with one attached hydrogen (secondary N) is 3. The molecule has 1 saturated carbocycles. The van der Waals surface area contributed by atoms with Crippen molar-refractivity contribution in [2.45, 2.75) is 95.0 Å². The molecule has 15 heteroatoms. The van der Waals surface area contributed by atoms with Crippen molar-refractivity contribution in [3.8, 4) is 5.88 Å². The van der Waals surface area contributed by atoms with Crippen molar-refractivity contribution in [1.29, 1.82) is 0 Å². The number of aromatic nitrogens is 2. The van der Waals surface area contributed by atoms with Crippen molar-refractivity contribution >= 4 is 47.1 Å². The summed E-state index contributed by atoms with van der Waals surface area (Å²) in [6.45, 7) is 5.15. The second-order valence-corrected chi connectivity index (χ2v) is 13.9. The Morgan fingerprint density at radius 3 is 2.59 bits per heavy atom. The number of fused-ring (bicyclic) bond motifs is 2. The number of alkyl carbamates (subject to hydrolysis) is 1. The van der Waals surface area contributed by atoms with Gasteiger partial charge in [0, 0.05) is 24.1 Å². The lowest BCUT2D eigenvalue weighted by Crippen LogP contribution is -2.56. The Bertz CT molecular complexity index is 1590. The first-order valence-corrected chi connectivity index (χ1v) is 16.7. The highest BCUT2D eigenvalue weighted by Gasteiger charge is 2.62. The Labute approximate surface area is 289 Å². The van der Waals surface area contributed by atoms with E-state index in [0.29, 0.717) is 24.9 Å². The number of halogens is 2. The van der Waals surface area contributed by atoms with E-state index in [-0.39, 0.29) is 35.9 Å². The molecule has 1 aromatic heterocycles. The van der Waals surface area contributed by atoms with Crippen LogP contribution < -0.4 is 20.7 Å². The number of nitrogens with zero attached hydrogens (tertiary/aromatic N) is 3. The van der Waals surface area contributed by atoms with Crippen molar-refractivity contribution in [2.24, 2.45) is 5.92 Å². The van der Waals surface area contributed by atoms with Gasteiger partial charge in [-0.1, -0.05) is 36.6 Å². The molecule has 1 aromatic carbocycles. The molecule has 0 radical (unpaired) electrons. The van der Waals surface area contributed by atoms with Crippen molar-refractivity contribution in [2.75, 3.05) is 19.0 Å². The van der Waals surface area contributed by atoms with Gasteiger partial charge < -0.3 is 35.1 Å². The summed E-state index contributed by atoms with van der Waals surface area (Å²) in [4.78, 5) is 63.9. The maximum absolute atomic E-state index is 14.2. The number of ether oxygens (including phenoxy) is 3. The third-order valence-corrected chi connectivity index (χ3v) is 8.73. The maximum Gasteiger partial charge on any atom is 0.408 e. The summed E-state index contributed by atoms with van der Waals surface area (Å²) in [5, 5.41) is 8.62. The fourth-order valence-electron chi connectivity index (χ4n) is 6.11. The first-order valence-electron chi connectivity index (χ1n) is 16.4. The number of carbonyl (C=O) groups excluding carboxylic acids is 4. The van der Waals surface area contributed by atoms with Crippen LogP contribution in [0, 0.1) is 11.7 Å². The van der Waals surface area contributed by atoms with Gasteiger partial charge in [-0.15, -0.1) is 0 Å². The topological polar surface area (TPSA) is 161 Å². The van der Waals surface area contributed by atoms with E-state index < -0.39 is 59.0 Å². The number of allylic oxidation sites excluding steroid dienone is 1. The summed E-state index contributed by atoms with van der Waals surface area (Å²) in [6, 6.07) is 4.95. The van der Waals surface area contributed by atoms with Crippen LogP contribution in [0.5, 0.6) is 5.88 Å². The summed E-state index contributed by atoms with van der Waals surface area (Å²) >= 11 is 6.28. The van der Waals surface area contributed by atoms with Crippen LogP contribution >= 0.6 is 11.6 Å². The molecular formula is C34H42ClFN6O7. The molecule has 3 N–H and O–H groups in total. The zero-order chi connectivity index (χ0) is 35.3. The number of esters is 1. The number of rotatable bonds is 6. The highest BCUT2D eigenvalue weighted by atomic mass is 35.5. The van der Waals surface area contributed by atoms with E-state index >= 15 is 0 Å². The molecule has 3 aliphatic rings. The quantitative estimate of drug-likeness (QED) is 0.216. The summed E-state index contributed by atoms with van der Waals surface area (Å²) < 4.78 is 30.1. The van der Waals surface area contributed by atoms with E-state index in [1.807, 2.05) is 12.2 Å². The molecule has 3 amide bonds. The van der Waals surface area contributed by atoms with Crippen molar-refractivity contribution in [3.63, 3.8) is 0 Å². The highest BCUT2D eigenvalue weighted by molar-refractivity contribution is 6.29. The smallest absolute Gasteiger partial charge is 0.408 e. The third-order valence-electron chi connectivity index (χ3n) is 8.54. The van der Waals surface area contributed by atoms with Gasteiger partial charge in [0.2, 0.25) is 23.6 Å². The van der Waals surface area contributed by atoms with Crippen LogP contribution in [-0.4, -0.2) is 81.7 Å². The zero-order valence-electron chi connectivity index (χ0n) is 28.0. The minimum absolute atomic E-state index is 0.0275. The summed E-state index contributed by atoms with van der Waals surface area (Å²) in [6.07, 6.45) is 6.26. The first kappa shape index (κ1) is 35.8. The fourth-order valence-corrected chi connectivity index (χ4v) is 6.28.